The molecular weight excluding hydrogens is 270 g/mol. The lowest BCUT2D eigenvalue weighted by Gasteiger charge is -2.15. The molecule has 3 aromatic rings. The van der Waals surface area contributed by atoms with Crippen molar-refractivity contribution >= 4 is 32.8 Å². The number of benzene rings is 1. The van der Waals surface area contributed by atoms with Crippen LogP contribution in [0.5, 0.6) is 0 Å². The molecule has 1 unspecified atom stereocenters. The summed E-state index contributed by atoms with van der Waals surface area (Å²) >= 11 is 3.69. The van der Waals surface area contributed by atoms with Gasteiger partial charge in [0.25, 0.3) is 0 Å². The van der Waals surface area contributed by atoms with Crippen molar-refractivity contribution < 1.29 is 0 Å². The molecule has 0 aliphatic rings. The molecule has 2 aromatic heterocycles. The fourth-order valence-electron chi connectivity index (χ4n) is 2.48. The van der Waals surface area contributed by atoms with Crippen LogP contribution in [0.3, 0.4) is 0 Å². The largest absolute Gasteiger partial charge is 0.312 e. The highest BCUT2D eigenvalue weighted by Crippen LogP contribution is 2.32. The summed E-state index contributed by atoms with van der Waals surface area (Å²) < 4.78 is 1.38. The van der Waals surface area contributed by atoms with Gasteiger partial charge in [-0.05, 0) is 59.8 Å². The molecule has 98 valence electrons. The highest BCUT2D eigenvalue weighted by molar-refractivity contribution is 7.17. The Labute approximate surface area is 121 Å². The SMILES string of the molecule is CNC(Cc1csc2ccccc12)c1sccc1C. The summed E-state index contributed by atoms with van der Waals surface area (Å²) in [4.78, 5) is 1.46. The first-order valence-corrected chi connectivity index (χ1v) is 8.22. The van der Waals surface area contributed by atoms with Crippen molar-refractivity contribution in [1.29, 1.82) is 0 Å². The number of hydrogen-bond acceptors (Lipinski definition) is 3. The van der Waals surface area contributed by atoms with Crippen LogP contribution in [0.4, 0.5) is 0 Å². The summed E-state index contributed by atoms with van der Waals surface area (Å²) in [5.74, 6) is 0. The van der Waals surface area contributed by atoms with Crippen molar-refractivity contribution in [2.75, 3.05) is 7.05 Å². The molecule has 1 atom stereocenters. The van der Waals surface area contributed by atoms with Gasteiger partial charge in [0.1, 0.15) is 0 Å². The smallest absolute Gasteiger partial charge is 0.0456 e. The van der Waals surface area contributed by atoms with E-state index in [4.69, 9.17) is 0 Å². The van der Waals surface area contributed by atoms with Crippen LogP contribution in [0.15, 0.2) is 41.1 Å². The highest BCUT2D eigenvalue weighted by Gasteiger charge is 2.15. The maximum Gasteiger partial charge on any atom is 0.0456 e. The van der Waals surface area contributed by atoms with E-state index in [2.05, 4.69) is 60.4 Å². The molecule has 1 N–H and O–H groups in total. The maximum absolute atomic E-state index is 3.46. The Morgan fingerprint density at radius 1 is 1.16 bits per heavy atom. The van der Waals surface area contributed by atoms with Gasteiger partial charge in [-0.1, -0.05) is 18.2 Å². The van der Waals surface area contributed by atoms with Crippen LogP contribution in [0.25, 0.3) is 10.1 Å². The Balaban J connectivity index is 1.93. The Kier molecular flexibility index (Phi) is 3.69. The van der Waals surface area contributed by atoms with E-state index in [-0.39, 0.29) is 0 Å². The van der Waals surface area contributed by atoms with Crippen molar-refractivity contribution in [3.63, 3.8) is 0 Å². The van der Waals surface area contributed by atoms with E-state index in [0.717, 1.165) is 6.42 Å². The van der Waals surface area contributed by atoms with E-state index in [9.17, 15) is 0 Å². The molecule has 0 aliphatic carbocycles. The molecule has 0 spiro atoms. The van der Waals surface area contributed by atoms with E-state index in [1.54, 1.807) is 0 Å². The number of likely N-dealkylation sites (N-methyl/N-ethyl adjacent to an activating group) is 1. The third kappa shape index (κ3) is 2.46. The quantitative estimate of drug-likeness (QED) is 0.728. The fraction of sp³-hybridized carbons (Fsp3) is 0.250. The fourth-order valence-corrected chi connectivity index (χ4v) is 4.49. The van der Waals surface area contributed by atoms with Crippen LogP contribution >= 0.6 is 22.7 Å². The van der Waals surface area contributed by atoms with Crippen molar-refractivity contribution in [2.24, 2.45) is 0 Å². The number of aryl methyl sites for hydroxylation is 1. The summed E-state index contributed by atoms with van der Waals surface area (Å²) in [6.45, 7) is 2.20. The van der Waals surface area contributed by atoms with Crippen molar-refractivity contribution in [3.05, 3.63) is 57.1 Å². The van der Waals surface area contributed by atoms with Crippen LogP contribution < -0.4 is 5.32 Å². The maximum atomic E-state index is 3.46. The van der Waals surface area contributed by atoms with Gasteiger partial charge in [0.15, 0.2) is 0 Å². The van der Waals surface area contributed by atoms with Crippen LogP contribution in [-0.4, -0.2) is 7.05 Å². The van der Waals surface area contributed by atoms with Gasteiger partial charge in [-0.25, -0.2) is 0 Å². The minimum Gasteiger partial charge on any atom is -0.312 e. The van der Waals surface area contributed by atoms with Crippen LogP contribution in [-0.2, 0) is 6.42 Å². The molecule has 0 bridgehead atoms. The van der Waals surface area contributed by atoms with Crippen molar-refractivity contribution in [2.45, 2.75) is 19.4 Å². The topological polar surface area (TPSA) is 12.0 Å². The lowest BCUT2D eigenvalue weighted by Crippen LogP contribution is -2.18. The minimum atomic E-state index is 0.415. The first kappa shape index (κ1) is 12.9. The molecule has 19 heavy (non-hydrogen) atoms. The Morgan fingerprint density at radius 3 is 2.74 bits per heavy atom. The third-order valence-corrected chi connectivity index (χ3v) is 5.70. The van der Waals surface area contributed by atoms with Gasteiger partial charge in [0, 0.05) is 15.6 Å². The summed E-state index contributed by atoms with van der Waals surface area (Å²) in [6.07, 6.45) is 1.06. The summed E-state index contributed by atoms with van der Waals surface area (Å²) in [5, 5.41) is 9.35. The molecule has 0 radical (unpaired) electrons. The average Bonchev–Trinajstić information content (AvgIpc) is 3.03. The number of fused-ring (bicyclic) bond motifs is 1. The molecule has 1 nitrogen and oxygen atoms in total. The molecule has 0 amide bonds. The standard InChI is InChI=1S/C16H17NS2/c1-11-7-8-18-16(11)14(17-2)9-12-10-19-15-6-4-3-5-13(12)15/h3-8,10,14,17H,9H2,1-2H3. The number of thiophene rings is 2. The molecule has 3 rings (SSSR count). The molecule has 2 heterocycles. The van der Waals surface area contributed by atoms with E-state index in [1.165, 1.54) is 26.1 Å². The van der Waals surface area contributed by atoms with Gasteiger partial charge < -0.3 is 5.32 Å². The lowest BCUT2D eigenvalue weighted by atomic mass is 10.0. The predicted molar refractivity (Wildman–Crippen MR) is 86.4 cm³/mol. The lowest BCUT2D eigenvalue weighted by molar-refractivity contribution is 0.602. The Hall–Kier alpha value is -1.16. The zero-order valence-electron chi connectivity index (χ0n) is 11.1. The second-order valence-corrected chi connectivity index (χ2v) is 6.63. The summed E-state index contributed by atoms with van der Waals surface area (Å²) in [7, 11) is 2.05. The number of nitrogens with one attached hydrogen (secondary N) is 1. The highest BCUT2D eigenvalue weighted by atomic mass is 32.1. The van der Waals surface area contributed by atoms with E-state index < -0.39 is 0 Å². The van der Waals surface area contributed by atoms with Gasteiger partial charge in [0.2, 0.25) is 0 Å². The zero-order chi connectivity index (χ0) is 13.2. The molecule has 1 aromatic carbocycles. The molecule has 0 saturated carbocycles. The Morgan fingerprint density at radius 2 is 2.00 bits per heavy atom. The summed E-state index contributed by atoms with van der Waals surface area (Å²) in [5.41, 5.74) is 2.84. The minimum absolute atomic E-state index is 0.415. The molecule has 0 aliphatic heterocycles. The van der Waals surface area contributed by atoms with E-state index in [1.807, 2.05) is 22.7 Å². The van der Waals surface area contributed by atoms with Gasteiger partial charge in [-0.2, -0.15) is 0 Å². The van der Waals surface area contributed by atoms with Crippen LogP contribution in [0.1, 0.15) is 22.0 Å². The van der Waals surface area contributed by atoms with Crippen LogP contribution in [0.2, 0.25) is 0 Å². The Bertz CT molecular complexity index is 681. The molecule has 0 saturated heterocycles. The van der Waals surface area contributed by atoms with Gasteiger partial charge in [-0.15, -0.1) is 22.7 Å². The molecular formula is C16H17NS2. The first-order valence-electron chi connectivity index (χ1n) is 6.46. The van der Waals surface area contributed by atoms with Crippen molar-refractivity contribution in [1.82, 2.24) is 5.32 Å². The van der Waals surface area contributed by atoms with Gasteiger partial charge >= 0.3 is 0 Å². The van der Waals surface area contributed by atoms with Crippen LogP contribution in [0, 0.1) is 6.92 Å². The van der Waals surface area contributed by atoms with Gasteiger partial charge in [0.05, 0.1) is 0 Å². The first-order chi connectivity index (χ1) is 9.29. The number of hydrogen-bond donors (Lipinski definition) is 1. The van der Waals surface area contributed by atoms with Crippen molar-refractivity contribution in [3.8, 4) is 0 Å². The van der Waals surface area contributed by atoms with Gasteiger partial charge in [-0.3, -0.25) is 0 Å². The van der Waals surface area contributed by atoms with E-state index in [0.29, 0.717) is 6.04 Å². The zero-order valence-corrected chi connectivity index (χ0v) is 12.8. The predicted octanol–water partition coefficient (Wildman–Crippen LogP) is 4.77. The number of rotatable bonds is 4. The second kappa shape index (κ2) is 5.45. The monoisotopic (exact) mass is 287 g/mol. The third-order valence-electron chi connectivity index (χ3n) is 3.55. The second-order valence-electron chi connectivity index (χ2n) is 4.77. The average molecular weight is 287 g/mol. The molecule has 0 fully saturated rings. The summed E-state index contributed by atoms with van der Waals surface area (Å²) in [6, 6.07) is 11.3. The normalized spacial score (nSPS) is 12.9. The van der Waals surface area contributed by atoms with E-state index >= 15 is 0 Å². The molecule has 3 heteroatoms.